The Labute approximate surface area is 186 Å². The maximum absolute atomic E-state index is 13.6. The van der Waals surface area contributed by atoms with Gasteiger partial charge in [-0.05, 0) is 68.1 Å². The second kappa shape index (κ2) is 9.12. The van der Waals surface area contributed by atoms with Crippen LogP contribution in [0.2, 0.25) is 0 Å². The molecule has 0 saturated carbocycles. The van der Waals surface area contributed by atoms with Crippen molar-refractivity contribution < 1.29 is 28.6 Å². The van der Waals surface area contributed by atoms with E-state index < -0.39 is 23.5 Å². The maximum Gasteiger partial charge on any atom is 0.295 e. The molecule has 2 aliphatic heterocycles. The molecule has 0 aromatic heterocycles. The number of aliphatic hydroxyl groups excluding tert-OH is 1. The summed E-state index contributed by atoms with van der Waals surface area (Å²) in [6, 6.07) is 9.90. The molecule has 2 heterocycles. The Hall–Kier alpha value is -3.19. The van der Waals surface area contributed by atoms with Gasteiger partial charge in [0.15, 0.2) is 0 Å². The summed E-state index contributed by atoms with van der Waals surface area (Å²) in [5, 5.41) is 11.2. The summed E-state index contributed by atoms with van der Waals surface area (Å²) in [6.45, 7) is 5.07. The Balaban J connectivity index is 1.80. The van der Waals surface area contributed by atoms with E-state index in [0.717, 1.165) is 18.4 Å². The highest BCUT2D eigenvalue weighted by Crippen LogP contribution is 2.40. The van der Waals surface area contributed by atoms with E-state index in [4.69, 9.17) is 9.47 Å². The first-order chi connectivity index (χ1) is 15.4. The van der Waals surface area contributed by atoms with E-state index in [1.54, 1.807) is 18.2 Å². The highest BCUT2D eigenvalue weighted by molar-refractivity contribution is 6.46. The Morgan fingerprint density at radius 2 is 1.97 bits per heavy atom. The summed E-state index contributed by atoms with van der Waals surface area (Å²) >= 11 is 0. The third kappa shape index (κ3) is 4.12. The van der Waals surface area contributed by atoms with Crippen LogP contribution in [0.15, 0.2) is 48.0 Å². The minimum atomic E-state index is -0.827. The summed E-state index contributed by atoms with van der Waals surface area (Å²) in [7, 11) is 0. The number of amides is 1. The van der Waals surface area contributed by atoms with Gasteiger partial charge >= 0.3 is 0 Å². The average Bonchev–Trinajstić information content (AvgIpc) is 3.38. The normalized spacial score (nSPS) is 22.5. The van der Waals surface area contributed by atoms with Gasteiger partial charge in [0, 0.05) is 18.7 Å². The van der Waals surface area contributed by atoms with Gasteiger partial charge in [0.1, 0.15) is 17.3 Å². The molecular weight excluding hydrogens is 413 g/mol. The lowest BCUT2D eigenvalue weighted by molar-refractivity contribution is -0.140. The van der Waals surface area contributed by atoms with Gasteiger partial charge in [-0.1, -0.05) is 12.1 Å². The van der Waals surface area contributed by atoms with Gasteiger partial charge in [0.05, 0.1) is 24.3 Å². The standard InChI is InChI=1S/C25H26FNO5/c1-3-31-20-11-8-17(13-15(20)2)23(28)21-22(16-6-9-18(26)10-7-16)27(25(30)24(21)29)14-19-5-4-12-32-19/h6-11,13,19,22,28H,3-5,12,14H2,1-2H3/b23-21-. The third-order valence-corrected chi connectivity index (χ3v) is 5.90. The predicted molar refractivity (Wildman–Crippen MR) is 117 cm³/mol. The maximum atomic E-state index is 13.6. The quantitative estimate of drug-likeness (QED) is 0.416. The first-order valence-corrected chi connectivity index (χ1v) is 10.8. The molecule has 2 saturated heterocycles. The molecule has 0 aliphatic carbocycles. The number of hydrogen-bond donors (Lipinski definition) is 1. The van der Waals surface area contributed by atoms with E-state index >= 15 is 0 Å². The molecule has 1 amide bonds. The highest BCUT2D eigenvalue weighted by atomic mass is 19.1. The van der Waals surface area contributed by atoms with Crippen LogP contribution in [0.25, 0.3) is 5.76 Å². The molecule has 168 valence electrons. The fourth-order valence-electron chi connectivity index (χ4n) is 4.34. The monoisotopic (exact) mass is 439 g/mol. The predicted octanol–water partition coefficient (Wildman–Crippen LogP) is 4.13. The van der Waals surface area contributed by atoms with Gasteiger partial charge in [0.25, 0.3) is 11.7 Å². The van der Waals surface area contributed by atoms with Crippen molar-refractivity contribution in [1.29, 1.82) is 0 Å². The van der Waals surface area contributed by atoms with Gasteiger partial charge in [-0.2, -0.15) is 0 Å². The number of aryl methyl sites for hydroxylation is 1. The van der Waals surface area contributed by atoms with Crippen LogP contribution in [-0.2, 0) is 14.3 Å². The van der Waals surface area contributed by atoms with Gasteiger partial charge in [-0.3, -0.25) is 9.59 Å². The number of halogens is 1. The van der Waals surface area contributed by atoms with Crippen LogP contribution >= 0.6 is 0 Å². The summed E-state index contributed by atoms with van der Waals surface area (Å²) in [6.07, 6.45) is 1.50. The number of ketones is 1. The molecule has 0 radical (unpaired) electrons. The molecule has 2 atom stereocenters. The first kappa shape index (κ1) is 22.0. The molecule has 32 heavy (non-hydrogen) atoms. The van der Waals surface area contributed by atoms with Crippen LogP contribution in [0, 0.1) is 12.7 Å². The molecule has 6 nitrogen and oxygen atoms in total. The largest absolute Gasteiger partial charge is 0.507 e. The van der Waals surface area contributed by atoms with Crippen molar-refractivity contribution in [3.8, 4) is 5.75 Å². The SMILES string of the molecule is CCOc1ccc(/C(O)=C2/C(=O)C(=O)N(CC3CCCO3)C2c2ccc(F)cc2)cc1C. The molecule has 2 aromatic carbocycles. The van der Waals surface area contributed by atoms with Crippen LogP contribution in [0.5, 0.6) is 5.75 Å². The lowest BCUT2D eigenvalue weighted by Crippen LogP contribution is -2.36. The Bertz CT molecular complexity index is 1060. The molecular formula is C25H26FNO5. The van der Waals surface area contributed by atoms with Crippen LogP contribution in [0.3, 0.4) is 0 Å². The van der Waals surface area contributed by atoms with E-state index in [2.05, 4.69) is 0 Å². The number of ether oxygens (including phenoxy) is 2. The summed E-state index contributed by atoms with van der Waals surface area (Å²) < 4.78 is 24.8. The number of aliphatic hydroxyl groups is 1. The van der Waals surface area contributed by atoms with Crippen LogP contribution < -0.4 is 4.74 Å². The second-order valence-electron chi connectivity index (χ2n) is 8.05. The molecule has 2 fully saturated rings. The van der Waals surface area contributed by atoms with E-state index in [-0.39, 0.29) is 24.0 Å². The number of Topliss-reactive ketones (excluding diaryl/α,β-unsaturated/α-hetero) is 1. The smallest absolute Gasteiger partial charge is 0.295 e. The molecule has 2 aliphatic rings. The second-order valence-corrected chi connectivity index (χ2v) is 8.05. The minimum Gasteiger partial charge on any atom is -0.507 e. The molecule has 0 bridgehead atoms. The van der Waals surface area contributed by atoms with Crippen molar-refractivity contribution in [1.82, 2.24) is 4.90 Å². The Morgan fingerprint density at radius 3 is 2.59 bits per heavy atom. The van der Waals surface area contributed by atoms with E-state index in [9.17, 15) is 19.1 Å². The van der Waals surface area contributed by atoms with Crippen LogP contribution in [0.1, 0.15) is 42.5 Å². The lowest BCUT2D eigenvalue weighted by Gasteiger charge is -2.27. The summed E-state index contributed by atoms with van der Waals surface area (Å²) in [4.78, 5) is 27.5. The van der Waals surface area contributed by atoms with Crippen LogP contribution in [-0.4, -0.2) is 47.6 Å². The van der Waals surface area contributed by atoms with E-state index in [1.807, 2.05) is 13.8 Å². The average molecular weight is 439 g/mol. The van der Waals surface area contributed by atoms with Gasteiger partial charge in [-0.25, -0.2) is 4.39 Å². The highest BCUT2D eigenvalue weighted by Gasteiger charge is 2.47. The van der Waals surface area contributed by atoms with Crippen molar-refractivity contribution in [2.24, 2.45) is 0 Å². The lowest BCUT2D eigenvalue weighted by atomic mass is 9.94. The number of likely N-dealkylation sites (tertiary alicyclic amines) is 1. The number of carbonyl (C=O) groups excluding carboxylic acids is 2. The van der Waals surface area contributed by atoms with Crippen molar-refractivity contribution in [3.63, 3.8) is 0 Å². The Kier molecular flexibility index (Phi) is 6.28. The Morgan fingerprint density at radius 1 is 1.22 bits per heavy atom. The molecule has 7 heteroatoms. The van der Waals surface area contributed by atoms with Gasteiger partial charge in [0.2, 0.25) is 0 Å². The van der Waals surface area contributed by atoms with E-state index in [1.165, 1.54) is 29.2 Å². The van der Waals surface area contributed by atoms with Crippen LogP contribution in [0.4, 0.5) is 4.39 Å². The fourth-order valence-corrected chi connectivity index (χ4v) is 4.34. The fraction of sp³-hybridized carbons (Fsp3) is 0.360. The minimum absolute atomic E-state index is 0.0110. The summed E-state index contributed by atoms with van der Waals surface area (Å²) in [5.41, 5.74) is 1.74. The molecule has 2 unspecified atom stereocenters. The zero-order valence-electron chi connectivity index (χ0n) is 18.1. The van der Waals surface area contributed by atoms with E-state index in [0.29, 0.717) is 30.1 Å². The van der Waals surface area contributed by atoms with Crippen molar-refractivity contribution >= 4 is 17.4 Å². The number of benzene rings is 2. The number of hydrogen-bond acceptors (Lipinski definition) is 5. The first-order valence-electron chi connectivity index (χ1n) is 10.8. The van der Waals surface area contributed by atoms with Crippen molar-refractivity contribution in [2.75, 3.05) is 19.8 Å². The molecule has 4 rings (SSSR count). The summed E-state index contributed by atoms with van der Waals surface area (Å²) in [5.74, 6) is -1.47. The molecule has 0 spiro atoms. The topological polar surface area (TPSA) is 76.1 Å². The van der Waals surface area contributed by atoms with Crippen molar-refractivity contribution in [3.05, 3.63) is 70.5 Å². The number of rotatable bonds is 6. The third-order valence-electron chi connectivity index (χ3n) is 5.90. The van der Waals surface area contributed by atoms with Crippen molar-refractivity contribution in [2.45, 2.75) is 38.8 Å². The molecule has 1 N–H and O–H groups in total. The number of carbonyl (C=O) groups is 2. The molecule has 2 aromatic rings. The van der Waals surface area contributed by atoms with Gasteiger partial charge in [-0.15, -0.1) is 0 Å². The zero-order chi connectivity index (χ0) is 22.8. The van der Waals surface area contributed by atoms with Gasteiger partial charge < -0.3 is 19.5 Å². The zero-order valence-corrected chi connectivity index (χ0v) is 18.1. The number of nitrogens with zero attached hydrogens (tertiary/aromatic N) is 1.